The zero-order valence-electron chi connectivity index (χ0n) is 76.6. The molecule has 11 aromatic carbocycles. The van der Waals surface area contributed by atoms with Gasteiger partial charge in [-0.05, 0) is 107 Å². The molecule has 18 rings (SSSR count). The molecule has 0 bridgehead atoms. The molecule has 18 aromatic rings. The monoisotopic (exact) mass is 2160 g/mol. The first-order valence-corrected chi connectivity index (χ1v) is 42.8. The number of thiophene rings is 1. The third-order valence-corrected chi connectivity index (χ3v) is 25.6. The van der Waals surface area contributed by atoms with Crippen LogP contribution in [-0.2, 0) is 114 Å². The predicted octanol–water partition coefficient (Wildman–Crippen LogP) is 23.8. The normalized spacial score (nSPS) is 11.8. The fraction of sp³-hybridized carbons (Fsp3) is 0.278. The Morgan fingerprint density at radius 1 is 0.302 bits per heavy atom. The number of fused-ring (bicyclic) bond motifs is 16. The van der Waals surface area contributed by atoms with Gasteiger partial charge in [0.25, 0.3) is 28.5 Å². The Kier molecular flexibility index (Phi) is 29.7. The molecule has 1 radical (unpaired) electrons. The van der Waals surface area contributed by atoms with E-state index >= 15 is 0 Å². The summed E-state index contributed by atoms with van der Waals surface area (Å²) in [6, 6.07) is 9.57. The van der Waals surface area contributed by atoms with Crippen LogP contribution in [0.3, 0.4) is 0 Å². The van der Waals surface area contributed by atoms with Crippen molar-refractivity contribution in [1.82, 2.24) is 30.0 Å². The van der Waals surface area contributed by atoms with Gasteiger partial charge in [0.05, 0.1) is 59.0 Å². The minimum absolute atomic E-state index is 0. The van der Waals surface area contributed by atoms with Crippen molar-refractivity contribution < 1.29 is 171 Å². The van der Waals surface area contributed by atoms with Crippen LogP contribution in [0.2, 0.25) is 0 Å². The van der Waals surface area contributed by atoms with Crippen LogP contribution in [0, 0.1) is 182 Å². The SMILES string of the molecule is CCc1c(C)nc2c3c(F)c(F)c(F)c(F)c3c(C)c(F)c2[n+]1C.CCc1c(C)nc2c3c(F)c(F)sc3c(C)c(F)c2[n+]1C.CCc1c2c(F)c(F)c3c(F)c(F)c(F)c(F)c3c2[c-]n[n+]1C.CCc1c2c(F)c(F)c3c(F)c(F)c(F)c(F)c3c2nc(C)[n+]1C.CCc1c2cc3cc(C(F)(F)F)ccc3c(C(F)(F)F)c2nc(C)[n+]1C.CCc1c2cc3cc(F)ccc3c(F)c2nc(C)[n+]1C.[Re]. The van der Waals surface area contributed by atoms with E-state index in [1.807, 2.05) is 45.4 Å². The Hall–Kier alpha value is -12.6. The summed E-state index contributed by atoms with van der Waals surface area (Å²) in [5.41, 5.74) is 2.48. The second kappa shape index (κ2) is 39.2. The van der Waals surface area contributed by atoms with Crippen molar-refractivity contribution in [3.8, 4) is 0 Å². The number of hydrogen-bond acceptors (Lipinski definition) is 7. The number of hydrogen-bond donors (Lipinski definition) is 0. The van der Waals surface area contributed by atoms with Crippen molar-refractivity contribution >= 4 is 141 Å². The predicted molar refractivity (Wildman–Crippen MR) is 458 cm³/mol. The molecule has 0 N–H and O–H groups in total. The number of alkyl halides is 6. The first-order valence-electron chi connectivity index (χ1n) is 42.0. The first kappa shape index (κ1) is 105. The van der Waals surface area contributed by atoms with E-state index in [1.165, 1.54) is 65.9 Å². The van der Waals surface area contributed by atoms with E-state index in [1.54, 1.807) is 78.9 Å². The van der Waals surface area contributed by atoms with Crippen LogP contribution in [0.25, 0.3) is 129 Å². The molecule has 139 heavy (non-hydrogen) atoms. The Morgan fingerprint density at radius 3 is 1.14 bits per heavy atom. The summed E-state index contributed by atoms with van der Waals surface area (Å²) in [5.74, 6) is -31.5. The number of nitrogens with zero attached hydrogens (tertiary/aromatic N) is 12. The molecule has 0 amide bonds. The van der Waals surface area contributed by atoms with Crippen LogP contribution >= 0.6 is 11.3 Å². The molecule has 0 saturated carbocycles. The summed E-state index contributed by atoms with van der Waals surface area (Å²) < 4.78 is 398. The van der Waals surface area contributed by atoms with Gasteiger partial charge in [0.15, 0.2) is 111 Å². The molecule has 729 valence electrons. The van der Waals surface area contributed by atoms with E-state index in [0.29, 0.717) is 81.6 Å². The van der Waals surface area contributed by atoms with E-state index in [2.05, 4.69) is 36.2 Å². The third kappa shape index (κ3) is 17.5. The molecule has 0 atom stereocenters. The Bertz CT molecular complexity index is 8280. The minimum Gasteiger partial charge on any atom is -0.239 e. The van der Waals surface area contributed by atoms with E-state index in [-0.39, 0.29) is 132 Å². The van der Waals surface area contributed by atoms with Gasteiger partial charge in [0, 0.05) is 118 Å². The summed E-state index contributed by atoms with van der Waals surface area (Å²) in [6.45, 7) is 22.0. The van der Waals surface area contributed by atoms with Gasteiger partial charge in [-0.3, -0.25) is 0 Å². The number of benzene rings is 11. The Balaban J connectivity index is 0.000000149. The quantitative estimate of drug-likeness (QED) is 0.0313. The average molecular weight is 2160 g/mol. The third-order valence-electron chi connectivity index (χ3n) is 24.6. The summed E-state index contributed by atoms with van der Waals surface area (Å²) in [7, 11) is 9.85. The van der Waals surface area contributed by atoms with Crippen LogP contribution in [0.1, 0.15) is 127 Å². The topological polar surface area (TPSA) is 101 Å². The number of aryl methyl sites for hydroxylation is 14. The maximum atomic E-state index is 14.8. The standard InChI is InChI=1S/C18H15F6N2.C17H14F5N2.C16H11F6N2.C16H15F2N2.C15H8F6N2.C15H14F3N2S.Re/c1-4-14-13-8-10-7-11(17(19,20)21)5-6-12(10)15(18(22,23)24)16(13)25-9(2)26(14)3;1-5-8-7(3)23-16-10-9(6(2)11(18)17(16)24(8)4)12(19)14(21)15(22)13(10)20;1-4-6-7-10(17)11(18)8-9(16(7)23-5(2)24(6)3)13(20)15(22)14(21)12(8)19;1-4-14-13-8-10-7-11(17)5-6-12(10)15(18)16(13)19-9(2)20(14)3;1-3-6-7-5(4-22-23(6)2)8-9(12(18)10(7)16)13(19)15(21)14(20)11(8)17;1-5-8-7(3)19-12-9-11(17)15(18)21-14(9)6(2)10(16)13(12)20(8)4;/h5-8H,4H2,1-3H3;5H2,1-4H3;4H2,1-3H3;5-8H,4H2,1-3H3;3H2,1-2H3;5H2,1-4H3;/q4*+1;;+1;. The molecule has 0 spiro atoms. The van der Waals surface area contributed by atoms with Gasteiger partial charge in [-0.15, -0.1) is 21.4 Å². The fourth-order valence-electron chi connectivity index (χ4n) is 17.6. The van der Waals surface area contributed by atoms with Gasteiger partial charge in [-0.25, -0.2) is 107 Å². The van der Waals surface area contributed by atoms with Crippen LogP contribution in [0.4, 0.5) is 123 Å². The van der Waals surface area contributed by atoms with Gasteiger partial charge >= 0.3 is 12.4 Å². The molecule has 0 aliphatic heterocycles. The van der Waals surface area contributed by atoms with E-state index in [4.69, 9.17) is 0 Å². The zero-order valence-corrected chi connectivity index (χ0v) is 80.1. The Morgan fingerprint density at radius 2 is 0.676 bits per heavy atom. The van der Waals surface area contributed by atoms with Crippen molar-refractivity contribution in [2.45, 2.75) is 141 Å². The maximum Gasteiger partial charge on any atom is 0.421 e. The molecule has 0 aliphatic carbocycles. The zero-order chi connectivity index (χ0) is 102. The second-order valence-corrected chi connectivity index (χ2v) is 33.1. The number of aromatic nitrogens is 12. The summed E-state index contributed by atoms with van der Waals surface area (Å²) in [5, 5.41) is -2.49. The molecule has 7 aromatic heterocycles. The molecule has 12 nitrogen and oxygen atoms in total. The molecule has 0 unspecified atom stereocenters. The molecule has 42 heteroatoms. The number of rotatable bonds is 6. The summed E-state index contributed by atoms with van der Waals surface area (Å²) in [4.78, 5) is 20.9. The van der Waals surface area contributed by atoms with E-state index < -0.39 is 188 Å². The van der Waals surface area contributed by atoms with Crippen molar-refractivity contribution in [2.75, 3.05) is 0 Å². The summed E-state index contributed by atoms with van der Waals surface area (Å²) in [6.07, 6.45) is -4.34. The molecule has 0 fully saturated rings. The van der Waals surface area contributed by atoms with Crippen LogP contribution in [-0.4, -0.2) is 30.0 Å². The first-order chi connectivity index (χ1) is 64.6. The van der Waals surface area contributed by atoms with Crippen LogP contribution in [0.15, 0.2) is 48.5 Å². The van der Waals surface area contributed by atoms with Gasteiger partial charge in [0.1, 0.15) is 87.8 Å². The largest absolute Gasteiger partial charge is 0.421 e. The van der Waals surface area contributed by atoms with Gasteiger partial charge in [0.2, 0.25) is 33.4 Å². The van der Waals surface area contributed by atoms with Gasteiger partial charge < -0.3 is 0 Å². The van der Waals surface area contributed by atoms with Crippen molar-refractivity contribution in [1.29, 1.82) is 0 Å². The van der Waals surface area contributed by atoms with Crippen molar-refractivity contribution in [2.24, 2.45) is 42.3 Å². The molecular formula is C97H77F28N12ReS+5. The second-order valence-electron chi connectivity index (χ2n) is 32.1. The van der Waals surface area contributed by atoms with Crippen molar-refractivity contribution in [3.63, 3.8) is 0 Å². The van der Waals surface area contributed by atoms with Crippen LogP contribution < -0.4 is 27.5 Å². The average Bonchev–Trinajstić information content (AvgIpc) is 1.71. The van der Waals surface area contributed by atoms with Crippen LogP contribution in [0.5, 0.6) is 0 Å². The molecular weight excluding hydrogens is 2080 g/mol. The van der Waals surface area contributed by atoms with E-state index in [0.717, 1.165) is 41.2 Å². The fourth-order valence-corrected chi connectivity index (χ4v) is 18.5. The minimum atomic E-state index is -4.75. The van der Waals surface area contributed by atoms with Crippen molar-refractivity contribution in [3.05, 3.63) is 267 Å². The molecule has 0 saturated heterocycles. The molecule has 0 aliphatic rings. The smallest absolute Gasteiger partial charge is 0.239 e. The maximum absolute atomic E-state index is 14.8. The summed E-state index contributed by atoms with van der Waals surface area (Å²) >= 11 is 0.625. The van der Waals surface area contributed by atoms with Gasteiger partial charge in [-0.1, -0.05) is 58.1 Å². The van der Waals surface area contributed by atoms with E-state index in [9.17, 15) is 123 Å². The number of halogens is 28. The Labute approximate surface area is 788 Å². The molecule has 7 heterocycles. The van der Waals surface area contributed by atoms with Gasteiger partial charge in [-0.2, -0.15) is 48.6 Å².